The van der Waals surface area contributed by atoms with E-state index in [0.29, 0.717) is 13.1 Å². The highest BCUT2D eigenvalue weighted by Gasteiger charge is 2.10. The molecule has 2 aromatic heterocycles. The van der Waals surface area contributed by atoms with Crippen LogP contribution in [0.1, 0.15) is 23.8 Å². The number of para-hydroxylation sites is 1. The van der Waals surface area contributed by atoms with Crippen LogP contribution in [0.25, 0.3) is 11.0 Å². The lowest BCUT2D eigenvalue weighted by Gasteiger charge is -2.10. The van der Waals surface area contributed by atoms with Crippen LogP contribution in [0.4, 0.5) is 0 Å². The maximum Gasteiger partial charge on any atom is 0.191 e. The van der Waals surface area contributed by atoms with Crippen molar-refractivity contribution in [2.24, 2.45) is 4.99 Å². The first-order chi connectivity index (χ1) is 11.3. The summed E-state index contributed by atoms with van der Waals surface area (Å²) in [5.74, 6) is 1.76. The average molecular weight is 327 g/mol. The number of benzene rings is 1. The third kappa shape index (κ3) is 3.74. The molecule has 3 aromatic rings. The van der Waals surface area contributed by atoms with Crippen molar-refractivity contribution in [2.75, 3.05) is 6.54 Å². The van der Waals surface area contributed by atoms with Crippen molar-refractivity contribution in [3.63, 3.8) is 0 Å². The van der Waals surface area contributed by atoms with E-state index >= 15 is 0 Å². The van der Waals surface area contributed by atoms with Gasteiger partial charge < -0.3 is 15.1 Å². The molecule has 5 heteroatoms. The number of aliphatic imine (C=N–C) groups is 1. The number of hydrogen-bond acceptors (Lipinski definition) is 3. The van der Waals surface area contributed by atoms with Crippen LogP contribution in [-0.2, 0) is 13.1 Å². The van der Waals surface area contributed by atoms with E-state index < -0.39 is 0 Å². The molecule has 3 rings (SSSR count). The molecule has 0 aliphatic rings. The Morgan fingerprint density at radius 3 is 2.83 bits per heavy atom. The molecule has 0 aliphatic carbocycles. The quantitative estimate of drug-likeness (QED) is 0.549. The minimum Gasteiger partial charge on any atom is -0.459 e. The van der Waals surface area contributed by atoms with Crippen molar-refractivity contribution in [3.8, 4) is 0 Å². The minimum atomic E-state index is 0.621. The zero-order valence-corrected chi connectivity index (χ0v) is 14.2. The first-order valence-corrected chi connectivity index (χ1v) is 8.72. The van der Waals surface area contributed by atoms with Crippen molar-refractivity contribution in [2.45, 2.75) is 26.9 Å². The smallest absolute Gasteiger partial charge is 0.191 e. The fourth-order valence-corrected chi connectivity index (χ4v) is 3.11. The van der Waals surface area contributed by atoms with Crippen LogP contribution in [0.2, 0.25) is 0 Å². The second-order valence-electron chi connectivity index (χ2n) is 5.33. The zero-order valence-electron chi connectivity index (χ0n) is 13.4. The van der Waals surface area contributed by atoms with Gasteiger partial charge in [-0.05, 0) is 42.3 Å². The lowest BCUT2D eigenvalue weighted by molar-refractivity contribution is 0.534. The number of furan rings is 1. The van der Waals surface area contributed by atoms with E-state index in [2.05, 4.69) is 52.4 Å². The van der Waals surface area contributed by atoms with E-state index in [4.69, 9.17) is 4.42 Å². The van der Waals surface area contributed by atoms with E-state index in [1.54, 1.807) is 11.3 Å². The van der Waals surface area contributed by atoms with Crippen molar-refractivity contribution in [3.05, 3.63) is 58.0 Å². The maximum atomic E-state index is 5.93. The molecule has 0 saturated carbocycles. The number of aryl methyl sites for hydroxylation is 1. The predicted molar refractivity (Wildman–Crippen MR) is 96.9 cm³/mol. The highest BCUT2D eigenvalue weighted by atomic mass is 32.1. The molecule has 0 atom stereocenters. The largest absolute Gasteiger partial charge is 0.459 e. The lowest BCUT2D eigenvalue weighted by Crippen LogP contribution is -2.36. The van der Waals surface area contributed by atoms with E-state index in [1.807, 2.05) is 18.2 Å². The van der Waals surface area contributed by atoms with Gasteiger partial charge in [0.05, 0.1) is 13.1 Å². The van der Waals surface area contributed by atoms with E-state index in [0.717, 1.165) is 23.8 Å². The third-order valence-electron chi connectivity index (χ3n) is 3.70. The van der Waals surface area contributed by atoms with Gasteiger partial charge in [-0.2, -0.15) is 11.3 Å². The molecule has 0 saturated heterocycles. The SMILES string of the molecule is CCNC(=NCc1ccsc1)NCc1oc2ccccc2c1C. The fraction of sp³-hybridized carbons (Fsp3) is 0.278. The molecule has 2 N–H and O–H groups in total. The van der Waals surface area contributed by atoms with Gasteiger partial charge in [-0.1, -0.05) is 18.2 Å². The average Bonchev–Trinajstić information content (AvgIpc) is 3.19. The number of hydrogen-bond donors (Lipinski definition) is 2. The lowest BCUT2D eigenvalue weighted by atomic mass is 10.1. The summed E-state index contributed by atoms with van der Waals surface area (Å²) in [6.45, 7) is 6.29. The molecule has 0 amide bonds. The summed E-state index contributed by atoms with van der Waals surface area (Å²) in [6.07, 6.45) is 0. The number of nitrogens with zero attached hydrogens (tertiary/aromatic N) is 1. The summed E-state index contributed by atoms with van der Waals surface area (Å²) >= 11 is 1.69. The Morgan fingerprint density at radius 1 is 1.22 bits per heavy atom. The standard InChI is InChI=1S/C18H21N3OS/c1-3-19-18(20-10-14-8-9-23-12-14)21-11-17-13(2)15-6-4-5-7-16(15)22-17/h4-9,12H,3,10-11H2,1-2H3,(H2,19,20,21). The molecular formula is C18H21N3OS. The Hall–Kier alpha value is -2.27. The van der Waals surface area contributed by atoms with Gasteiger partial charge in [0.25, 0.3) is 0 Å². The minimum absolute atomic E-state index is 0.621. The van der Waals surface area contributed by atoms with Gasteiger partial charge in [-0.3, -0.25) is 0 Å². The number of thiophene rings is 1. The molecule has 23 heavy (non-hydrogen) atoms. The molecule has 0 aliphatic heterocycles. The van der Waals surface area contributed by atoms with Crippen molar-refractivity contribution >= 4 is 28.3 Å². The van der Waals surface area contributed by atoms with Crippen LogP contribution in [0.3, 0.4) is 0 Å². The second kappa shape index (κ2) is 7.33. The van der Waals surface area contributed by atoms with Crippen LogP contribution >= 0.6 is 11.3 Å². The summed E-state index contributed by atoms with van der Waals surface area (Å²) in [5.41, 5.74) is 3.34. The molecule has 4 nitrogen and oxygen atoms in total. The first-order valence-electron chi connectivity index (χ1n) is 7.78. The Morgan fingerprint density at radius 2 is 2.09 bits per heavy atom. The first kappa shape index (κ1) is 15.6. The molecule has 0 spiro atoms. The highest BCUT2D eigenvalue weighted by molar-refractivity contribution is 7.07. The summed E-state index contributed by atoms with van der Waals surface area (Å²) in [4.78, 5) is 4.61. The van der Waals surface area contributed by atoms with E-state index in [9.17, 15) is 0 Å². The van der Waals surface area contributed by atoms with Gasteiger partial charge in [-0.25, -0.2) is 4.99 Å². The summed E-state index contributed by atoms with van der Waals surface area (Å²) in [7, 11) is 0. The Kier molecular flexibility index (Phi) is 4.98. The maximum absolute atomic E-state index is 5.93. The van der Waals surface area contributed by atoms with Gasteiger partial charge in [0.1, 0.15) is 11.3 Å². The predicted octanol–water partition coefficient (Wildman–Crippen LogP) is 4.06. The number of fused-ring (bicyclic) bond motifs is 1. The third-order valence-corrected chi connectivity index (χ3v) is 4.43. The Labute approximate surface area is 140 Å². The van der Waals surface area contributed by atoms with Gasteiger partial charge >= 0.3 is 0 Å². The summed E-state index contributed by atoms with van der Waals surface area (Å²) in [6, 6.07) is 10.2. The van der Waals surface area contributed by atoms with Crippen LogP contribution < -0.4 is 10.6 Å². The second-order valence-corrected chi connectivity index (χ2v) is 6.11. The molecule has 1 aromatic carbocycles. The Bertz CT molecular complexity index is 790. The summed E-state index contributed by atoms with van der Waals surface area (Å²) in [5, 5.41) is 12.0. The molecular weight excluding hydrogens is 306 g/mol. The van der Waals surface area contributed by atoms with Crippen molar-refractivity contribution in [1.29, 1.82) is 0 Å². The number of nitrogens with one attached hydrogen (secondary N) is 2. The van der Waals surface area contributed by atoms with E-state index in [-0.39, 0.29) is 0 Å². The van der Waals surface area contributed by atoms with Crippen molar-refractivity contribution in [1.82, 2.24) is 10.6 Å². The fourth-order valence-electron chi connectivity index (χ4n) is 2.45. The zero-order chi connectivity index (χ0) is 16.1. The van der Waals surface area contributed by atoms with E-state index in [1.165, 1.54) is 16.5 Å². The topological polar surface area (TPSA) is 49.6 Å². The van der Waals surface area contributed by atoms with Gasteiger partial charge in [0.2, 0.25) is 0 Å². The summed E-state index contributed by atoms with van der Waals surface area (Å²) < 4.78 is 5.93. The number of guanidine groups is 1. The van der Waals surface area contributed by atoms with Gasteiger partial charge in [-0.15, -0.1) is 0 Å². The molecule has 0 fully saturated rings. The molecule has 120 valence electrons. The number of rotatable bonds is 5. The van der Waals surface area contributed by atoms with Crippen LogP contribution in [0.5, 0.6) is 0 Å². The van der Waals surface area contributed by atoms with Crippen LogP contribution in [-0.4, -0.2) is 12.5 Å². The highest BCUT2D eigenvalue weighted by Crippen LogP contribution is 2.24. The molecule has 0 unspecified atom stereocenters. The van der Waals surface area contributed by atoms with Gasteiger partial charge in [0.15, 0.2) is 5.96 Å². The normalized spacial score (nSPS) is 11.8. The molecule has 0 radical (unpaired) electrons. The van der Waals surface area contributed by atoms with Crippen LogP contribution in [0.15, 0.2) is 50.5 Å². The molecule has 2 heterocycles. The Balaban J connectivity index is 1.70. The van der Waals surface area contributed by atoms with Crippen LogP contribution in [0, 0.1) is 6.92 Å². The molecule has 0 bridgehead atoms. The van der Waals surface area contributed by atoms with Crippen molar-refractivity contribution < 1.29 is 4.42 Å². The van der Waals surface area contributed by atoms with Gasteiger partial charge in [0, 0.05) is 17.5 Å². The monoisotopic (exact) mass is 327 g/mol.